The summed E-state index contributed by atoms with van der Waals surface area (Å²) in [4.78, 5) is 0. The van der Waals surface area contributed by atoms with Gasteiger partial charge < -0.3 is 5.32 Å². The lowest BCUT2D eigenvalue weighted by atomic mass is 9.99. The van der Waals surface area contributed by atoms with Crippen LogP contribution in [0.5, 0.6) is 0 Å². The topological polar surface area (TPSA) is 42.7 Å². The van der Waals surface area contributed by atoms with Gasteiger partial charge in [-0.3, -0.25) is 4.57 Å². The summed E-state index contributed by atoms with van der Waals surface area (Å²) in [5.41, 5.74) is 0.517. The fraction of sp³-hybridized carbons (Fsp3) is 0.385. The van der Waals surface area contributed by atoms with E-state index in [1.807, 2.05) is 6.07 Å². The van der Waals surface area contributed by atoms with Crippen LogP contribution in [0.4, 0.5) is 4.39 Å². The van der Waals surface area contributed by atoms with Crippen LogP contribution in [0.25, 0.3) is 5.69 Å². The average Bonchev–Trinajstić information content (AvgIpc) is 2.89. The van der Waals surface area contributed by atoms with E-state index in [2.05, 4.69) is 15.5 Å². The van der Waals surface area contributed by atoms with E-state index in [1.54, 1.807) is 23.0 Å². The minimum Gasteiger partial charge on any atom is -0.316 e. The Bertz CT molecular complexity index is 531. The molecule has 2 aromatic rings. The molecule has 1 fully saturated rings. The Kier molecular flexibility index (Phi) is 3.06. The average molecular weight is 246 g/mol. The van der Waals surface area contributed by atoms with Crippen molar-refractivity contribution in [3.05, 3.63) is 42.2 Å². The maximum Gasteiger partial charge on any atom is 0.147 e. The van der Waals surface area contributed by atoms with Crippen LogP contribution >= 0.6 is 0 Å². The summed E-state index contributed by atoms with van der Waals surface area (Å²) in [6, 6.07) is 6.71. The Morgan fingerprint density at radius 3 is 3.00 bits per heavy atom. The van der Waals surface area contributed by atoms with Gasteiger partial charge in [0.15, 0.2) is 0 Å². The molecule has 1 aliphatic heterocycles. The Hall–Kier alpha value is -1.75. The van der Waals surface area contributed by atoms with Crippen molar-refractivity contribution in [2.45, 2.75) is 18.8 Å². The minimum atomic E-state index is -0.248. The quantitative estimate of drug-likeness (QED) is 0.879. The van der Waals surface area contributed by atoms with Gasteiger partial charge in [-0.05, 0) is 31.5 Å². The normalized spacial score (nSPS) is 19.9. The third kappa shape index (κ3) is 2.01. The van der Waals surface area contributed by atoms with E-state index in [9.17, 15) is 4.39 Å². The van der Waals surface area contributed by atoms with Crippen LogP contribution in [0.3, 0.4) is 0 Å². The zero-order chi connectivity index (χ0) is 12.4. The monoisotopic (exact) mass is 246 g/mol. The molecule has 94 valence electrons. The molecule has 1 atom stereocenters. The summed E-state index contributed by atoms with van der Waals surface area (Å²) < 4.78 is 15.6. The first-order chi connectivity index (χ1) is 8.86. The van der Waals surface area contributed by atoms with Gasteiger partial charge in [0.05, 0.1) is 5.69 Å². The molecule has 1 aliphatic rings. The van der Waals surface area contributed by atoms with Crippen molar-refractivity contribution in [1.82, 2.24) is 20.1 Å². The van der Waals surface area contributed by atoms with Gasteiger partial charge in [-0.1, -0.05) is 12.1 Å². The Labute approximate surface area is 105 Å². The molecule has 0 spiro atoms. The van der Waals surface area contributed by atoms with E-state index in [4.69, 9.17) is 0 Å². The van der Waals surface area contributed by atoms with Gasteiger partial charge in [0.2, 0.25) is 0 Å². The fourth-order valence-corrected chi connectivity index (χ4v) is 2.43. The van der Waals surface area contributed by atoms with Crippen LogP contribution in [0, 0.1) is 5.82 Å². The lowest BCUT2D eigenvalue weighted by Crippen LogP contribution is -2.30. The number of hydrogen-bond donors (Lipinski definition) is 1. The summed E-state index contributed by atoms with van der Waals surface area (Å²) in [6.07, 6.45) is 3.78. The molecule has 1 aromatic carbocycles. The van der Waals surface area contributed by atoms with E-state index >= 15 is 0 Å². The highest BCUT2D eigenvalue weighted by Crippen LogP contribution is 2.24. The van der Waals surface area contributed by atoms with Crippen molar-refractivity contribution < 1.29 is 4.39 Å². The number of benzene rings is 1. The van der Waals surface area contributed by atoms with Crippen LogP contribution in [-0.4, -0.2) is 27.9 Å². The highest BCUT2D eigenvalue weighted by atomic mass is 19.1. The Morgan fingerprint density at radius 2 is 2.22 bits per heavy atom. The standard InChI is InChI=1S/C13H15FN4/c14-11-5-1-2-6-12(11)18-9-16-17-13(18)10-4-3-7-15-8-10/h1-2,5-6,9-10,15H,3-4,7-8H2. The summed E-state index contributed by atoms with van der Waals surface area (Å²) >= 11 is 0. The molecule has 0 radical (unpaired) electrons. The van der Waals surface area contributed by atoms with Crippen molar-refractivity contribution in [2.24, 2.45) is 0 Å². The van der Waals surface area contributed by atoms with Gasteiger partial charge >= 0.3 is 0 Å². The molecule has 0 bridgehead atoms. The predicted molar refractivity (Wildman–Crippen MR) is 66.2 cm³/mol. The minimum absolute atomic E-state index is 0.248. The molecule has 1 saturated heterocycles. The maximum atomic E-state index is 13.8. The molecular formula is C13H15FN4. The molecular weight excluding hydrogens is 231 g/mol. The summed E-state index contributed by atoms with van der Waals surface area (Å²) in [5, 5.41) is 11.4. The Balaban J connectivity index is 1.98. The van der Waals surface area contributed by atoms with Gasteiger partial charge in [-0.25, -0.2) is 4.39 Å². The molecule has 0 aliphatic carbocycles. The number of halogens is 1. The molecule has 3 rings (SSSR count). The van der Waals surface area contributed by atoms with Gasteiger partial charge in [0, 0.05) is 12.5 Å². The van der Waals surface area contributed by atoms with E-state index in [0.717, 1.165) is 31.8 Å². The number of nitrogens with zero attached hydrogens (tertiary/aromatic N) is 3. The molecule has 0 amide bonds. The number of hydrogen-bond acceptors (Lipinski definition) is 3. The van der Waals surface area contributed by atoms with Gasteiger partial charge in [0.1, 0.15) is 18.0 Å². The lowest BCUT2D eigenvalue weighted by Gasteiger charge is -2.22. The number of rotatable bonds is 2. The van der Waals surface area contributed by atoms with Crippen LogP contribution < -0.4 is 5.32 Å². The number of piperidine rings is 1. The molecule has 1 unspecified atom stereocenters. The zero-order valence-corrected chi connectivity index (χ0v) is 10.0. The first kappa shape index (κ1) is 11.3. The second kappa shape index (κ2) is 4.86. The molecule has 1 N–H and O–H groups in total. The molecule has 18 heavy (non-hydrogen) atoms. The number of aromatic nitrogens is 3. The van der Waals surface area contributed by atoms with Crippen molar-refractivity contribution in [1.29, 1.82) is 0 Å². The van der Waals surface area contributed by atoms with Gasteiger partial charge in [-0.2, -0.15) is 0 Å². The number of para-hydroxylation sites is 1. The third-order valence-electron chi connectivity index (χ3n) is 3.35. The third-order valence-corrected chi connectivity index (χ3v) is 3.35. The van der Waals surface area contributed by atoms with Crippen LogP contribution in [0.2, 0.25) is 0 Å². The second-order valence-electron chi connectivity index (χ2n) is 4.55. The summed E-state index contributed by atoms with van der Waals surface area (Å²) in [6.45, 7) is 1.93. The fourth-order valence-electron chi connectivity index (χ4n) is 2.43. The molecule has 2 heterocycles. The first-order valence-corrected chi connectivity index (χ1v) is 6.22. The van der Waals surface area contributed by atoms with E-state index in [-0.39, 0.29) is 5.82 Å². The van der Waals surface area contributed by atoms with Crippen LogP contribution in [0.1, 0.15) is 24.6 Å². The van der Waals surface area contributed by atoms with Crippen molar-refractivity contribution >= 4 is 0 Å². The maximum absolute atomic E-state index is 13.8. The van der Waals surface area contributed by atoms with Gasteiger partial charge in [-0.15, -0.1) is 10.2 Å². The van der Waals surface area contributed by atoms with Crippen molar-refractivity contribution in [3.63, 3.8) is 0 Å². The van der Waals surface area contributed by atoms with Crippen molar-refractivity contribution in [2.75, 3.05) is 13.1 Å². The molecule has 5 heteroatoms. The number of nitrogens with one attached hydrogen (secondary N) is 1. The predicted octanol–water partition coefficient (Wildman–Crippen LogP) is 1.87. The van der Waals surface area contributed by atoms with Gasteiger partial charge in [0.25, 0.3) is 0 Å². The van der Waals surface area contributed by atoms with E-state index < -0.39 is 0 Å². The van der Waals surface area contributed by atoms with E-state index in [1.165, 1.54) is 6.07 Å². The van der Waals surface area contributed by atoms with Crippen LogP contribution in [-0.2, 0) is 0 Å². The summed E-state index contributed by atoms with van der Waals surface area (Å²) in [5.74, 6) is 0.899. The smallest absolute Gasteiger partial charge is 0.147 e. The zero-order valence-electron chi connectivity index (χ0n) is 10.0. The molecule has 0 saturated carbocycles. The van der Waals surface area contributed by atoms with Crippen LogP contribution in [0.15, 0.2) is 30.6 Å². The highest BCUT2D eigenvalue weighted by molar-refractivity contribution is 5.34. The first-order valence-electron chi connectivity index (χ1n) is 6.22. The molecule has 1 aromatic heterocycles. The molecule has 4 nitrogen and oxygen atoms in total. The Morgan fingerprint density at radius 1 is 1.33 bits per heavy atom. The van der Waals surface area contributed by atoms with Crippen molar-refractivity contribution in [3.8, 4) is 5.69 Å². The van der Waals surface area contributed by atoms with E-state index in [0.29, 0.717) is 11.6 Å². The largest absolute Gasteiger partial charge is 0.316 e. The highest BCUT2D eigenvalue weighted by Gasteiger charge is 2.21. The summed E-state index contributed by atoms with van der Waals surface area (Å²) in [7, 11) is 0. The second-order valence-corrected chi connectivity index (χ2v) is 4.55. The lowest BCUT2D eigenvalue weighted by molar-refractivity contribution is 0.441. The SMILES string of the molecule is Fc1ccccc1-n1cnnc1C1CCCNC1.